The number of rotatable bonds is 7. The van der Waals surface area contributed by atoms with Crippen molar-refractivity contribution in [3.63, 3.8) is 0 Å². The van der Waals surface area contributed by atoms with Gasteiger partial charge >= 0.3 is 0 Å². The van der Waals surface area contributed by atoms with Crippen molar-refractivity contribution in [2.45, 2.75) is 25.8 Å². The standard InChI is InChI=1S/C28H31FN8O2/c1-18-10-23(29)22(28(38)31-20-2-3-20)11-25(18)37-15-24(32-33-37)26-12-30-27-5-4-21(14-36(26)27)35-8-6-34(7-9-35)13-19-16-39-17-19/h4-5,10-12,14-15,19-20H,2-3,6-9,13,16-17H2,1H3,(H,31,38). The van der Waals surface area contributed by atoms with E-state index in [0.29, 0.717) is 22.9 Å². The molecule has 0 spiro atoms. The second-order valence-electron chi connectivity index (χ2n) is 10.9. The first-order valence-electron chi connectivity index (χ1n) is 13.6. The molecule has 3 fully saturated rings. The Kier molecular flexibility index (Phi) is 6.04. The summed E-state index contributed by atoms with van der Waals surface area (Å²) in [5.41, 5.74) is 4.70. The van der Waals surface area contributed by atoms with Crippen LogP contribution in [0.25, 0.3) is 22.7 Å². The van der Waals surface area contributed by atoms with Gasteiger partial charge in [0.1, 0.15) is 17.2 Å². The van der Waals surface area contributed by atoms with Crippen LogP contribution in [0.1, 0.15) is 28.8 Å². The Bertz CT molecular complexity index is 1530. The number of hydrogen-bond donors (Lipinski definition) is 1. The van der Waals surface area contributed by atoms with Gasteiger partial charge in [0.05, 0.1) is 48.2 Å². The fourth-order valence-corrected chi connectivity index (χ4v) is 5.36. The normalized spacial score (nSPS) is 18.5. The van der Waals surface area contributed by atoms with Gasteiger partial charge in [0.15, 0.2) is 0 Å². The van der Waals surface area contributed by atoms with E-state index in [1.807, 2.05) is 10.5 Å². The number of imidazole rings is 1. The molecule has 0 bridgehead atoms. The third-order valence-corrected chi connectivity index (χ3v) is 7.90. The number of amides is 1. The molecule has 1 saturated carbocycles. The van der Waals surface area contributed by atoms with Crippen molar-refractivity contribution in [3.8, 4) is 17.1 Å². The van der Waals surface area contributed by atoms with E-state index in [1.54, 1.807) is 30.1 Å². The molecular weight excluding hydrogens is 499 g/mol. The van der Waals surface area contributed by atoms with Crippen molar-refractivity contribution >= 4 is 17.2 Å². The number of ether oxygens (including phenoxy) is 1. The molecule has 10 nitrogen and oxygen atoms in total. The number of benzene rings is 1. The molecule has 7 rings (SSSR count). The molecule has 1 aliphatic carbocycles. The number of piperazine rings is 1. The van der Waals surface area contributed by atoms with Crippen molar-refractivity contribution in [2.75, 3.05) is 50.8 Å². The molecule has 202 valence electrons. The molecule has 0 radical (unpaired) electrons. The van der Waals surface area contributed by atoms with E-state index in [-0.39, 0.29) is 11.6 Å². The van der Waals surface area contributed by atoms with Crippen LogP contribution < -0.4 is 10.2 Å². The van der Waals surface area contributed by atoms with Crippen molar-refractivity contribution in [2.24, 2.45) is 5.92 Å². The summed E-state index contributed by atoms with van der Waals surface area (Å²) in [6, 6.07) is 7.21. The van der Waals surface area contributed by atoms with Crippen molar-refractivity contribution in [3.05, 3.63) is 59.8 Å². The summed E-state index contributed by atoms with van der Waals surface area (Å²) in [5.74, 6) is -0.259. The number of nitrogens with one attached hydrogen (secondary N) is 1. The highest BCUT2D eigenvalue weighted by Gasteiger charge is 2.27. The molecule has 0 unspecified atom stereocenters. The lowest BCUT2D eigenvalue weighted by Gasteiger charge is -2.39. The van der Waals surface area contributed by atoms with E-state index in [0.717, 1.165) is 75.8 Å². The SMILES string of the molecule is Cc1cc(F)c(C(=O)NC2CC2)cc1-n1cc(-c2cnc3ccc(N4CCN(CC5COC5)CC4)cn23)nn1. The lowest BCUT2D eigenvalue weighted by molar-refractivity contribution is -0.0469. The summed E-state index contributed by atoms with van der Waals surface area (Å²) in [6.45, 7) is 8.72. The Labute approximate surface area is 225 Å². The molecule has 11 heteroatoms. The molecule has 4 aromatic rings. The molecule has 1 N–H and O–H groups in total. The maximum atomic E-state index is 14.6. The number of aryl methyl sites for hydroxylation is 1. The number of anilines is 1. The highest BCUT2D eigenvalue weighted by atomic mass is 19.1. The van der Waals surface area contributed by atoms with Gasteiger partial charge < -0.3 is 15.0 Å². The Hall–Kier alpha value is -3.83. The number of hydrogen-bond acceptors (Lipinski definition) is 7. The van der Waals surface area contributed by atoms with Crippen molar-refractivity contribution < 1.29 is 13.9 Å². The first kappa shape index (κ1) is 24.2. The largest absolute Gasteiger partial charge is 0.381 e. The van der Waals surface area contributed by atoms with Crippen molar-refractivity contribution in [1.82, 2.24) is 34.6 Å². The van der Waals surface area contributed by atoms with Crippen LogP contribution in [0, 0.1) is 18.7 Å². The Morgan fingerprint density at radius 1 is 1.13 bits per heavy atom. The number of carbonyl (C=O) groups excluding carboxylic acids is 1. The quantitative estimate of drug-likeness (QED) is 0.393. The van der Waals surface area contributed by atoms with Crippen LogP contribution >= 0.6 is 0 Å². The summed E-state index contributed by atoms with van der Waals surface area (Å²) in [5, 5.41) is 11.6. The van der Waals surface area contributed by atoms with E-state index < -0.39 is 11.7 Å². The minimum Gasteiger partial charge on any atom is -0.381 e. The zero-order chi connectivity index (χ0) is 26.5. The fraction of sp³-hybridized carbons (Fsp3) is 0.429. The summed E-state index contributed by atoms with van der Waals surface area (Å²) in [6.07, 6.45) is 7.56. The Morgan fingerprint density at radius 3 is 2.69 bits per heavy atom. The third kappa shape index (κ3) is 4.76. The van der Waals surface area contributed by atoms with Gasteiger partial charge in [-0.3, -0.25) is 14.1 Å². The van der Waals surface area contributed by atoms with Gasteiger partial charge in [-0.25, -0.2) is 14.1 Å². The van der Waals surface area contributed by atoms with Crippen LogP contribution in [0.3, 0.4) is 0 Å². The minimum absolute atomic E-state index is 0.0140. The molecule has 0 atom stereocenters. The number of aromatic nitrogens is 5. The number of pyridine rings is 1. The molecule has 3 aliphatic rings. The molecule has 39 heavy (non-hydrogen) atoms. The number of nitrogens with zero attached hydrogens (tertiary/aromatic N) is 7. The van der Waals surface area contributed by atoms with E-state index >= 15 is 0 Å². The predicted molar refractivity (Wildman–Crippen MR) is 144 cm³/mol. The van der Waals surface area contributed by atoms with Gasteiger partial charge in [-0.15, -0.1) is 5.10 Å². The van der Waals surface area contributed by atoms with E-state index in [1.165, 1.54) is 6.07 Å². The second kappa shape index (κ2) is 9.73. The summed E-state index contributed by atoms with van der Waals surface area (Å²) < 4.78 is 23.6. The van der Waals surface area contributed by atoms with E-state index in [2.05, 4.69) is 42.7 Å². The van der Waals surface area contributed by atoms with Crippen LogP contribution in [-0.4, -0.2) is 87.2 Å². The average Bonchev–Trinajstić information content (AvgIpc) is 3.42. The zero-order valence-electron chi connectivity index (χ0n) is 21.9. The lowest BCUT2D eigenvalue weighted by atomic mass is 10.1. The number of halogens is 1. The molecule has 1 aromatic carbocycles. The first-order valence-corrected chi connectivity index (χ1v) is 13.6. The van der Waals surface area contributed by atoms with Gasteiger partial charge in [0.25, 0.3) is 5.91 Å². The topological polar surface area (TPSA) is 92.8 Å². The predicted octanol–water partition coefficient (Wildman–Crippen LogP) is 2.69. The zero-order valence-corrected chi connectivity index (χ0v) is 21.9. The number of carbonyl (C=O) groups is 1. The van der Waals surface area contributed by atoms with Crippen molar-refractivity contribution in [1.29, 1.82) is 0 Å². The van der Waals surface area contributed by atoms with Gasteiger partial charge in [0, 0.05) is 50.9 Å². The number of fused-ring (bicyclic) bond motifs is 1. The van der Waals surface area contributed by atoms with Gasteiger partial charge in [-0.1, -0.05) is 5.21 Å². The maximum absolute atomic E-state index is 14.6. The van der Waals surface area contributed by atoms with Gasteiger partial charge in [0.2, 0.25) is 0 Å². The van der Waals surface area contributed by atoms with Crippen LogP contribution in [0.4, 0.5) is 10.1 Å². The smallest absolute Gasteiger partial charge is 0.254 e. The van der Waals surface area contributed by atoms with Crippen LogP contribution in [0.15, 0.2) is 42.9 Å². The van der Waals surface area contributed by atoms with Crippen LogP contribution in [0.2, 0.25) is 0 Å². The molecule has 2 aliphatic heterocycles. The summed E-state index contributed by atoms with van der Waals surface area (Å²) >= 11 is 0. The first-order chi connectivity index (χ1) is 19.0. The Morgan fingerprint density at radius 2 is 1.95 bits per heavy atom. The monoisotopic (exact) mass is 530 g/mol. The second-order valence-corrected chi connectivity index (χ2v) is 10.9. The maximum Gasteiger partial charge on any atom is 0.254 e. The highest BCUT2D eigenvalue weighted by molar-refractivity contribution is 5.95. The van der Waals surface area contributed by atoms with Crippen LogP contribution in [-0.2, 0) is 4.74 Å². The fourth-order valence-electron chi connectivity index (χ4n) is 5.36. The molecule has 2 saturated heterocycles. The summed E-state index contributed by atoms with van der Waals surface area (Å²) in [4.78, 5) is 22.1. The molecule has 5 heterocycles. The molecule has 1 amide bonds. The molecular formula is C28H31FN8O2. The Balaban J connectivity index is 1.13. The lowest BCUT2D eigenvalue weighted by Crippen LogP contribution is -2.50. The van der Waals surface area contributed by atoms with Gasteiger partial charge in [-0.05, 0) is 49.6 Å². The van der Waals surface area contributed by atoms with E-state index in [9.17, 15) is 9.18 Å². The minimum atomic E-state index is -0.540. The average molecular weight is 531 g/mol. The van der Waals surface area contributed by atoms with Crippen LogP contribution in [0.5, 0.6) is 0 Å². The van der Waals surface area contributed by atoms with E-state index in [4.69, 9.17) is 4.74 Å². The third-order valence-electron chi connectivity index (χ3n) is 7.90. The summed E-state index contributed by atoms with van der Waals surface area (Å²) in [7, 11) is 0. The highest BCUT2D eigenvalue weighted by Crippen LogP contribution is 2.26. The van der Waals surface area contributed by atoms with Gasteiger partial charge in [-0.2, -0.15) is 0 Å². The molecule has 3 aromatic heterocycles.